The number of carbonyl (C=O) groups is 2. The molecule has 0 aliphatic carbocycles. The number of primary amides is 1. The Morgan fingerprint density at radius 2 is 2.00 bits per heavy atom. The van der Waals surface area contributed by atoms with E-state index in [-0.39, 0.29) is 5.41 Å². The molecule has 1 fully saturated rings. The Balaban J connectivity index is 2.47. The molecule has 0 saturated carbocycles. The lowest BCUT2D eigenvalue weighted by Crippen LogP contribution is -2.44. The summed E-state index contributed by atoms with van der Waals surface area (Å²) in [6.45, 7) is 9.35. The lowest BCUT2D eigenvalue weighted by Gasteiger charge is -2.31. The minimum absolute atomic E-state index is 0.325. The summed E-state index contributed by atoms with van der Waals surface area (Å²) in [5, 5.41) is 3.29. The van der Waals surface area contributed by atoms with Crippen molar-refractivity contribution >= 4 is 18.0 Å². The van der Waals surface area contributed by atoms with E-state index in [1.165, 1.54) is 0 Å². The Morgan fingerprint density at radius 3 is 2.50 bits per heavy atom. The van der Waals surface area contributed by atoms with Crippen molar-refractivity contribution in [3.63, 3.8) is 0 Å². The Labute approximate surface area is 131 Å². The van der Waals surface area contributed by atoms with E-state index < -0.39 is 11.8 Å². The number of nitrogens with two attached hydrogens (primary N) is 1. The van der Waals surface area contributed by atoms with Crippen molar-refractivity contribution in [2.24, 2.45) is 11.1 Å². The van der Waals surface area contributed by atoms with Gasteiger partial charge in [0, 0.05) is 26.2 Å². The molecule has 0 radical (unpaired) electrons. The van der Waals surface area contributed by atoms with Crippen LogP contribution in [0.1, 0.15) is 42.7 Å². The first-order chi connectivity index (χ1) is 10.3. The molecule has 22 heavy (non-hydrogen) atoms. The average Bonchev–Trinajstić information content (AvgIpc) is 2.47. The van der Waals surface area contributed by atoms with E-state index in [1.54, 1.807) is 12.1 Å². The highest BCUT2D eigenvalue weighted by Gasteiger charge is 2.31. The molecule has 6 heteroatoms. The van der Waals surface area contributed by atoms with E-state index in [4.69, 9.17) is 5.73 Å². The van der Waals surface area contributed by atoms with E-state index in [1.807, 2.05) is 20.8 Å². The number of hydrogen-bond donors (Lipinski definition) is 2. The molecule has 1 unspecified atom stereocenters. The highest BCUT2D eigenvalue weighted by atomic mass is 16.1. The summed E-state index contributed by atoms with van der Waals surface area (Å²) < 4.78 is 0. The molecule has 1 amide bonds. The molecule has 0 bridgehead atoms. The zero-order valence-electron chi connectivity index (χ0n) is 13.4. The van der Waals surface area contributed by atoms with Crippen molar-refractivity contribution in [1.82, 2.24) is 10.3 Å². The first-order valence-corrected chi connectivity index (χ1v) is 7.56. The van der Waals surface area contributed by atoms with E-state index in [0.717, 1.165) is 38.3 Å². The van der Waals surface area contributed by atoms with Crippen LogP contribution in [0.5, 0.6) is 0 Å². The summed E-state index contributed by atoms with van der Waals surface area (Å²) in [6.07, 6.45) is 0.857. The molecule has 1 atom stereocenters. The highest BCUT2D eigenvalue weighted by molar-refractivity contribution is 5.95. The summed E-state index contributed by atoms with van der Waals surface area (Å²) in [5.41, 5.74) is 5.93. The fourth-order valence-electron chi connectivity index (χ4n) is 2.66. The number of carbonyl (C=O) groups excluding carboxylic acids is 2. The SMILES string of the molecule is CC(C)(C)C(C=O)c1nc(N2CCNCC2)ccc1C(N)=O. The van der Waals surface area contributed by atoms with Crippen LogP contribution in [0.25, 0.3) is 0 Å². The van der Waals surface area contributed by atoms with Crippen molar-refractivity contribution in [3.05, 3.63) is 23.4 Å². The number of amides is 1. The summed E-state index contributed by atoms with van der Waals surface area (Å²) in [5.74, 6) is -0.235. The van der Waals surface area contributed by atoms with Crippen LogP contribution in [0.3, 0.4) is 0 Å². The van der Waals surface area contributed by atoms with Gasteiger partial charge in [-0.15, -0.1) is 0 Å². The number of aromatic nitrogens is 1. The second kappa shape index (κ2) is 6.44. The van der Waals surface area contributed by atoms with Gasteiger partial charge in [-0.3, -0.25) is 4.79 Å². The van der Waals surface area contributed by atoms with Crippen LogP contribution in [0.4, 0.5) is 5.82 Å². The fraction of sp³-hybridized carbons (Fsp3) is 0.562. The molecule has 1 aliphatic heterocycles. The van der Waals surface area contributed by atoms with E-state index >= 15 is 0 Å². The molecule has 6 nitrogen and oxygen atoms in total. The van der Waals surface area contributed by atoms with Crippen molar-refractivity contribution < 1.29 is 9.59 Å². The van der Waals surface area contributed by atoms with Crippen LogP contribution >= 0.6 is 0 Å². The molecule has 1 aromatic rings. The van der Waals surface area contributed by atoms with Gasteiger partial charge in [0.05, 0.1) is 17.2 Å². The maximum Gasteiger partial charge on any atom is 0.250 e. The third-order valence-corrected chi connectivity index (χ3v) is 3.98. The van der Waals surface area contributed by atoms with Gasteiger partial charge in [0.2, 0.25) is 0 Å². The quantitative estimate of drug-likeness (QED) is 0.808. The predicted molar refractivity (Wildman–Crippen MR) is 86.1 cm³/mol. The number of rotatable bonds is 4. The molecular weight excluding hydrogens is 280 g/mol. The van der Waals surface area contributed by atoms with Gasteiger partial charge in [-0.25, -0.2) is 4.98 Å². The van der Waals surface area contributed by atoms with E-state index in [0.29, 0.717) is 11.3 Å². The van der Waals surface area contributed by atoms with Gasteiger partial charge in [0.25, 0.3) is 5.91 Å². The summed E-state index contributed by atoms with van der Waals surface area (Å²) in [7, 11) is 0. The van der Waals surface area contributed by atoms with Crippen LogP contribution in [0.2, 0.25) is 0 Å². The normalized spacial score (nSPS) is 17.1. The lowest BCUT2D eigenvalue weighted by molar-refractivity contribution is -0.111. The minimum Gasteiger partial charge on any atom is -0.366 e. The Morgan fingerprint density at radius 1 is 1.36 bits per heavy atom. The smallest absolute Gasteiger partial charge is 0.250 e. The number of aldehydes is 1. The van der Waals surface area contributed by atoms with Crippen LogP contribution in [-0.2, 0) is 4.79 Å². The van der Waals surface area contributed by atoms with Gasteiger partial charge in [0.15, 0.2) is 0 Å². The van der Waals surface area contributed by atoms with Crippen LogP contribution in [0, 0.1) is 5.41 Å². The maximum atomic E-state index is 11.7. The summed E-state index contributed by atoms with van der Waals surface area (Å²) in [4.78, 5) is 30.1. The summed E-state index contributed by atoms with van der Waals surface area (Å²) >= 11 is 0. The first kappa shape index (κ1) is 16.4. The number of piperazine rings is 1. The number of nitrogens with zero attached hydrogens (tertiary/aromatic N) is 2. The Kier molecular flexibility index (Phi) is 4.81. The zero-order valence-corrected chi connectivity index (χ0v) is 13.4. The lowest BCUT2D eigenvalue weighted by atomic mass is 9.78. The van der Waals surface area contributed by atoms with Crippen molar-refractivity contribution in [3.8, 4) is 0 Å². The number of hydrogen-bond acceptors (Lipinski definition) is 5. The van der Waals surface area contributed by atoms with Gasteiger partial charge in [-0.2, -0.15) is 0 Å². The maximum absolute atomic E-state index is 11.7. The minimum atomic E-state index is -0.550. The number of nitrogens with one attached hydrogen (secondary N) is 1. The predicted octanol–water partition coefficient (Wildman–Crippen LogP) is 0.919. The monoisotopic (exact) mass is 304 g/mol. The molecule has 2 rings (SSSR count). The molecule has 2 heterocycles. The highest BCUT2D eigenvalue weighted by Crippen LogP contribution is 2.35. The van der Waals surface area contributed by atoms with Crippen LogP contribution in [-0.4, -0.2) is 43.4 Å². The van der Waals surface area contributed by atoms with E-state index in [9.17, 15) is 9.59 Å². The summed E-state index contributed by atoms with van der Waals surface area (Å²) in [6, 6.07) is 3.49. The van der Waals surface area contributed by atoms with Crippen molar-refractivity contribution in [1.29, 1.82) is 0 Å². The second-order valence-electron chi connectivity index (χ2n) is 6.68. The topological polar surface area (TPSA) is 88.3 Å². The molecule has 1 saturated heterocycles. The van der Waals surface area contributed by atoms with Gasteiger partial charge < -0.3 is 20.7 Å². The van der Waals surface area contributed by atoms with Crippen molar-refractivity contribution in [2.75, 3.05) is 31.1 Å². The molecule has 1 aliphatic rings. The third kappa shape index (κ3) is 3.44. The van der Waals surface area contributed by atoms with Crippen LogP contribution < -0.4 is 16.0 Å². The molecule has 120 valence electrons. The Bertz CT molecular complexity index is 560. The Hall–Kier alpha value is -1.95. The third-order valence-electron chi connectivity index (χ3n) is 3.98. The molecule has 3 N–H and O–H groups in total. The zero-order chi connectivity index (χ0) is 16.3. The molecule has 1 aromatic heterocycles. The second-order valence-corrected chi connectivity index (χ2v) is 6.68. The van der Waals surface area contributed by atoms with Crippen LogP contribution in [0.15, 0.2) is 12.1 Å². The van der Waals surface area contributed by atoms with Gasteiger partial charge in [0.1, 0.15) is 12.1 Å². The first-order valence-electron chi connectivity index (χ1n) is 7.56. The standard InChI is InChI=1S/C16H24N4O2/c1-16(2,3)12(10-21)14-11(15(17)22)4-5-13(19-14)20-8-6-18-7-9-20/h4-5,10,12,18H,6-9H2,1-3H3,(H2,17,22). The van der Waals surface area contributed by atoms with E-state index in [2.05, 4.69) is 15.2 Å². The molecule has 0 spiro atoms. The number of anilines is 1. The molecular formula is C16H24N4O2. The fourth-order valence-corrected chi connectivity index (χ4v) is 2.66. The number of pyridine rings is 1. The largest absolute Gasteiger partial charge is 0.366 e. The van der Waals surface area contributed by atoms with Gasteiger partial charge in [-0.05, 0) is 17.5 Å². The average molecular weight is 304 g/mol. The van der Waals surface area contributed by atoms with Crippen molar-refractivity contribution in [2.45, 2.75) is 26.7 Å². The van der Waals surface area contributed by atoms with Gasteiger partial charge >= 0.3 is 0 Å². The van der Waals surface area contributed by atoms with Gasteiger partial charge in [-0.1, -0.05) is 20.8 Å². The molecule has 0 aromatic carbocycles.